The van der Waals surface area contributed by atoms with Gasteiger partial charge >= 0.3 is 12.1 Å². The zero-order valence-electron chi connectivity index (χ0n) is 15.3. The van der Waals surface area contributed by atoms with Gasteiger partial charge in [0, 0.05) is 18.0 Å². The molecule has 4 nitrogen and oxygen atoms in total. The molecule has 2 bridgehead atoms. The molecule has 3 fully saturated rings. The van der Waals surface area contributed by atoms with Gasteiger partial charge in [-0.3, -0.25) is 9.59 Å². The van der Waals surface area contributed by atoms with Crippen molar-refractivity contribution in [1.82, 2.24) is 0 Å². The summed E-state index contributed by atoms with van der Waals surface area (Å²) in [6.07, 6.45) is -2.31. The lowest BCUT2D eigenvalue weighted by Crippen LogP contribution is -2.51. The lowest BCUT2D eigenvalue weighted by molar-refractivity contribution is -0.262. The predicted molar refractivity (Wildman–Crippen MR) is 94.0 cm³/mol. The first kappa shape index (κ1) is 19.7. The molecule has 4 rings (SSSR count). The van der Waals surface area contributed by atoms with Crippen molar-refractivity contribution in [3.05, 3.63) is 29.8 Å². The number of rotatable bonds is 5. The normalized spacial score (nSPS) is 27.3. The van der Waals surface area contributed by atoms with Gasteiger partial charge in [-0.05, 0) is 56.2 Å². The highest BCUT2D eigenvalue weighted by Crippen LogP contribution is 2.62. The first-order valence-electron chi connectivity index (χ1n) is 9.22. The molecule has 1 N–H and O–H groups in total. The van der Waals surface area contributed by atoms with Crippen molar-refractivity contribution < 1.29 is 27.5 Å². The second kappa shape index (κ2) is 7.17. The number of ether oxygens (including phenoxy) is 1. The SMILES string of the molecule is CC(=O)Nc1cccc(CC(=O)OCC23CCC(C(F)(F)F)(CC2)CC3)c1. The first-order valence-corrected chi connectivity index (χ1v) is 9.22. The molecule has 3 aliphatic rings. The second-order valence-corrected chi connectivity index (χ2v) is 8.00. The molecule has 0 heterocycles. The molecule has 1 amide bonds. The maximum Gasteiger partial charge on any atom is 0.394 e. The van der Waals surface area contributed by atoms with E-state index in [0.717, 1.165) is 0 Å². The highest BCUT2D eigenvalue weighted by atomic mass is 19.4. The van der Waals surface area contributed by atoms with Gasteiger partial charge in [0.1, 0.15) is 0 Å². The summed E-state index contributed by atoms with van der Waals surface area (Å²) in [5.74, 6) is -0.596. The van der Waals surface area contributed by atoms with E-state index in [4.69, 9.17) is 4.74 Å². The van der Waals surface area contributed by atoms with E-state index in [-0.39, 0.29) is 43.6 Å². The summed E-state index contributed by atoms with van der Waals surface area (Å²) < 4.78 is 45.3. The number of halogens is 3. The number of hydrogen-bond donors (Lipinski definition) is 1. The smallest absolute Gasteiger partial charge is 0.394 e. The largest absolute Gasteiger partial charge is 0.465 e. The van der Waals surface area contributed by atoms with Gasteiger partial charge in [-0.1, -0.05) is 12.1 Å². The van der Waals surface area contributed by atoms with E-state index < -0.39 is 17.6 Å². The van der Waals surface area contributed by atoms with Crippen LogP contribution < -0.4 is 5.32 Å². The standard InChI is InChI=1S/C20H24F3NO3/c1-14(25)24-16-4-2-3-15(11-16)12-17(26)27-13-18-5-8-19(9-6-18,10-7-18)20(21,22)23/h2-4,11H,5-10,12-13H2,1H3,(H,24,25). The van der Waals surface area contributed by atoms with Crippen LogP contribution in [0.3, 0.4) is 0 Å². The summed E-state index contributed by atoms with van der Waals surface area (Å²) in [5, 5.41) is 2.66. The van der Waals surface area contributed by atoms with Gasteiger partial charge in [0.25, 0.3) is 0 Å². The molecule has 3 saturated carbocycles. The Hall–Kier alpha value is -2.05. The van der Waals surface area contributed by atoms with Crippen LogP contribution in [0, 0.1) is 10.8 Å². The van der Waals surface area contributed by atoms with Gasteiger partial charge in [0.2, 0.25) is 5.91 Å². The number of carbonyl (C=O) groups excluding carboxylic acids is 2. The van der Waals surface area contributed by atoms with Crippen LogP contribution in [0.2, 0.25) is 0 Å². The Morgan fingerprint density at radius 2 is 1.74 bits per heavy atom. The van der Waals surface area contributed by atoms with Crippen LogP contribution >= 0.6 is 0 Å². The van der Waals surface area contributed by atoms with Crippen molar-refractivity contribution in [1.29, 1.82) is 0 Å². The summed E-state index contributed by atoms with van der Waals surface area (Å²) in [6, 6.07) is 6.95. The van der Waals surface area contributed by atoms with Crippen LogP contribution in [0.1, 0.15) is 51.0 Å². The number of hydrogen-bond acceptors (Lipinski definition) is 3. The number of amides is 1. The Balaban J connectivity index is 1.53. The van der Waals surface area contributed by atoms with Crippen molar-refractivity contribution >= 4 is 17.6 Å². The number of benzene rings is 1. The minimum atomic E-state index is -4.14. The Morgan fingerprint density at radius 3 is 2.30 bits per heavy atom. The van der Waals surface area contributed by atoms with Crippen LogP contribution in [-0.4, -0.2) is 24.7 Å². The summed E-state index contributed by atoms with van der Waals surface area (Å²) in [7, 11) is 0. The highest BCUT2D eigenvalue weighted by molar-refractivity contribution is 5.88. The maximum absolute atomic E-state index is 13.3. The van der Waals surface area contributed by atoms with Crippen molar-refractivity contribution in [3.8, 4) is 0 Å². The van der Waals surface area contributed by atoms with Gasteiger partial charge in [-0.2, -0.15) is 13.2 Å². The molecule has 0 saturated heterocycles. The molecule has 27 heavy (non-hydrogen) atoms. The molecular formula is C20H24F3NO3. The molecule has 3 aliphatic carbocycles. The van der Waals surface area contributed by atoms with Crippen molar-refractivity contribution in [2.75, 3.05) is 11.9 Å². The van der Waals surface area contributed by atoms with Crippen molar-refractivity contribution in [3.63, 3.8) is 0 Å². The van der Waals surface area contributed by atoms with Crippen LogP contribution in [0.15, 0.2) is 24.3 Å². The second-order valence-electron chi connectivity index (χ2n) is 8.00. The Bertz CT molecular complexity index is 705. The fourth-order valence-corrected chi connectivity index (χ4v) is 4.32. The number of alkyl halides is 3. The lowest BCUT2D eigenvalue weighted by atomic mass is 9.53. The Labute approximate surface area is 156 Å². The lowest BCUT2D eigenvalue weighted by Gasteiger charge is -2.53. The van der Waals surface area contributed by atoms with E-state index in [0.29, 0.717) is 30.5 Å². The average molecular weight is 383 g/mol. The molecule has 148 valence electrons. The molecule has 0 aliphatic heterocycles. The summed E-state index contributed by atoms with van der Waals surface area (Å²) >= 11 is 0. The van der Waals surface area contributed by atoms with Gasteiger partial charge in [0.05, 0.1) is 18.4 Å². The summed E-state index contributed by atoms with van der Waals surface area (Å²) in [5.41, 5.74) is -0.509. The number of nitrogens with one attached hydrogen (secondary N) is 1. The Morgan fingerprint density at radius 1 is 1.11 bits per heavy atom. The van der Waals surface area contributed by atoms with Gasteiger partial charge in [-0.15, -0.1) is 0 Å². The highest BCUT2D eigenvalue weighted by Gasteiger charge is 2.61. The number of carbonyl (C=O) groups is 2. The van der Waals surface area contributed by atoms with E-state index in [1.807, 2.05) is 0 Å². The van der Waals surface area contributed by atoms with Gasteiger partial charge < -0.3 is 10.1 Å². The van der Waals surface area contributed by atoms with Crippen LogP contribution in [0.5, 0.6) is 0 Å². The average Bonchev–Trinajstić information content (AvgIpc) is 2.60. The summed E-state index contributed by atoms with van der Waals surface area (Å²) in [6.45, 7) is 1.59. The fraction of sp³-hybridized carbons (Fsp3) is 0.600. The number of esters is 1. The first-order chi connectivity index (χ1) is 12.6. The minimum absolute atomic E-state index is 0.0655. The van der Waals surface area contributed by atoms with E-state index in [2.05, 4.69) is 5.32 Å². The zero-order valence-corrected chi connectivity index (χ0v) is 15.3. The third-order valence-corrected chi connectivity index (χ3v) is 6.14. The molecular weight excluding hydrogens is 359 g/mol. The number of anilines is 1. The van der Waals surface area contributed by atoms with E-state index in [9.17, 15) is 22.8 Å². The summed E-state index contributed by atoms with van der Waals surface area (Å²) in [4.78, 5) is 23.3. The molecule has 0 unspecified atom stereocenters. The molecule has 0 atom stereocenters. The van der Waals surface area contributed by atoms with Gasteiger partial charge in [0.15, 0.2) is 0 Å². The van der Waals surface area contributed by atoms with Crippen molar-refractivity contribution in [2.45, 2.75) is 58.0 Å². The monoisotopic (exact) mass is 383 g/mol. The van der Waals surface area contributed by atoms with Crippen LogP contribution in [0.4, 0.5) is 18.9 Å². The van der Waals surface area contributed by atoms with E-state index in [1.54, 1.807) is 24.3 Å². The van der Waals surface area contributed by atoms with E-state index in [1.165, 1.54) is 6.92 Å². The molecule has 0 spiro atoms. The number of fused-ring (bicyclic) bond motifs is 3. The molecule has 7 heteroatoms. The molecule has 0 radical (unpaired) electrons. The molecule has 1 aromatic carbocycles. The van der Waals surface area contributed by atoms with Crippen LogP contribution in [0.25, 0.3) is 0 Å². The topological polar surface area (TPSA) is 55.4 Å². The van der Waals surface area contributed by atoms with Gasteiger partial charge in [-0.25, -0.2) is 0 Å². The minimum Gasteiger partial charge on any atom is -0.465 e. The molecule has 0 aromatic heterocycles. The Kier molecular flexibility index (Phi) is 5.23. The molecule has 1 aromatic rings. The van der Waals surface area contributed by atoms with Crippen molar-refractivity contribution in [2.24, 2.45) is 10.8 Å². The fourth-order valence-electron chi connectivity index (χ4n) is 4.32. The predicted octanol–water partition coefficient (Wildman–Crippen LogP) is 4.63. The third kappa shape index (κ3) is 4.28. The third-order valence-electron chi connectivity index (χ3n) is 6.14. The van der Waals surface area contributed by atoms with Crippen LogP contribution in [-0.2, 0) is 20.7 Å². The quantitative estimate of drug-likeness (QED) is 0.754. The maximum atomic E-state index is 13.3. The zero-order chi connectivity index (χ0) is 19.7. The van der Waals surface area contributed by atoms with E-state index >= 15 is 0 Å².